The molecule has 0 aliphatic heterocycles. The lowest BCUT2D eigenvalue weighted by molar-refractivity contribution is -0.384. The number of carboxylic acid groups (broad SMARTS) is 1. The molecule has 10 heteroatoms. The topological polar surface area (TPSA) is 136 Å². The first-order valence-corrected chi connectivity index (χ1v) is 8.44. The molecular weight excluding hydrogens is 380 g/mol. The molecule has 1 aromatic heterocycles. The Balaban J connectivity index is 1.96. The van der Waals surface area contributed by atoms with Crippen molar-refractivity contribution >= 4 is 34.1 Å². The Morgan fingerprint density at radius 1 is 1.17 bits per heavy atom. The molecule has 0 saturated heterocycles. The zero-order valence-corrected chi connectivity index (χ0v) is 15.6. The summed E-state index contributed by atoms with van der Waals surface area (Å²) in [6.07, 6.45) is 0.0374. The number of anilines is 2. The zero-order valence-electron chi connectivity index (χ0n) is 15.6. The van der Waals surface area contributed by atoms with E-state index in [-0.39, 0.29) is 12.2 Å². The van der Waals surface area contributed by atoms with Crippen molar-refractivity contribution in [2.24, 2.45) is 0 Å². The molecule has 0 aliphatic carbocycles. The molecule has 10 nitrogen and oxygen atoms in total. The van der Waals surface area contributed by atoms with Crippen LogP contribution in [0.1, 0.15) is 5.56 Å². The van der Waals surface area contributed by atoms with Gasteiger partial charge in [-0.2, -0.15) is 0 Å². The lowest BCUT2D eigenvalue weighted by atomic mass is 10.1. The van der Waals surface area contributed by atoms with Crippen molar-refractivity contribution in [2.45, 2.75) is 6.54 Å². The lowest BCUT2D eigenvalue weighted by Gasteiger charge is -2.13. The highest BCUT2D eigenvalue weighted by atomic mass is 16.6. The van der Waals surface area contributed by atoms with Crippen LogP contribution >= 0.6 is 0 Å². The highest BCUT2D eigenvalue weighted by molar-refractivity contribution is 5.97. The predicted octanol–water partition coefficient (Wildman–Crippen LogP) is 3.86. The average molecular weight is 398 g/mol. The normalized spacial score (nSPS) is 10.4. The molecule has 0 radical (unpaired) electrons. The van der Waals surface area contributed by atoms with Gasteiger partial charge in [0.2, 0.25) is 0 Å². The van der Waals surface area contributed by atoms with Gasteiger partial charge in [-0.3, -0.25) is 15.4 Å². The smallest absolute Gasteiger partial charge is 0.409 e. The summed E-state index contributed by atoms with van der Waals surface area (Å²) in [5.74, 6) is 0.892. The first kappa shape index (κ1) is 19.7. The van der Waals surface area contributed by atoms with Crippen molar-refractivity contribution in [1.29, 1.82) is 0 Å². The van der Waals surface area contributed by atoms with Crippen molar-refractivity contribution < 1.29 is 24.3 Å². The molecular formula is C19H18N4O6. The van der Waals surface area contributed by atoms with Crippen molar-refractivity contribution in [3.63, 3.8) is 0 Å². The number of methoxy groups -OCH3 is 2. The molecule has 29 heavy (non-hydrogen) atoms. The van der Waals surface area contributed by atoms with Crippen molar-refractivity contribution in [2.75, 3.05) is 24.9 Å². The fraction of sp³-hybridized carbons (Fsp3) is 0.158. The number of carbonyl (C=O) groups is 1. The summed E-state index contributed by atoms with van der Waals surface area (Å²) in [6.45, 7) is 0.279. The maximum Gasteiger partial charge on any atom is 0.409 e. The summed E-state index contributed by atoms with van der Waals surface area (Å²) in [5, 5.41) is 26.1. The summed E-state index contributed by atoms with van der Waals surface area (Å²) >= 11 is 0. The Labute approximate surface area is 165 Å². The number of hydrogen-bond acceptors (Lipinski definition) is 7. The molecule has 3 aromatic rings. The second kappa shape index (κ2) is 8.30. The standard InChI is InChI=1S/C19H18N4O6/c1-28-16-7-13-14(8-17(16)29-2)20-10-15(23(26)27)18(13)21-9-11-3-5-12(6-4-11)22-19(24)25/h3-8,10,22H,9H2,1-2H3,(H,20,21)(H,24,25). The minimum atomic E-state index is -1.15. The third kappa shape index (κ3) is 4.26. The number of hydrogen-bond donors (Lipinski definition) is 3. The quantitative estimate of drug-likeness (QED) is 0.403. The summed E-state index contributed by atoms with van der Waals surface area (Å²) in [5.41, 5.74) is 1.87. The van der Waals surface area contributed by atoms with Crippen LogP contribution in [0, 0.1) is 10.1 Å². The molecule has 0 atom stereocenters. The largest absolute Gasteiger partial charge is 0.493 e. The Bertz CT molecular complexity index is 1070. The van der Waals surface area contributed by atoms with Gasteiger partial charge in [0, 0.05) is 23.7 Å². The molecule has 0 aliphatic rings. The number of nitro groups is 1. The molecule has 1 heterocycles. The SMILES string of the molecule is COc1cc2ncc([N+](=O)[O-])c(NCc3ccc(NC(=O)O)cc3)c2cc1OC. The van der Waals surface area contributed by atoms with Gasteiger partial charge in [-0.05, 0) is 23.8 Å². The molecule has 2 aromatic carbocycles. The fourth-order valence-electron chi connectivity index (χ4n) is 2.85. The number of aromatic nitrogens is 1. The number of fused-ring (bicyclic) bond motifs is 1. The second-order valence-electron chi connectivity index (χ2n) is 5.98. The van der Waals surface area contributed by atoms with Gasteiger partial charge in [-0.1, -0.05) is 12.1 Å². The summed E-state index contributed by atoms with van der Waals surface area (Å²) in [7, 11) is 2.98. The molecule has 1 amide bonds. The molecule has 0 spiro atoms. The van der Waals surface area contributed by atoms with Crippen molar-refractivity contribution in [1.82, 2.24) is 4.98 Å². The van der Waals surface area contributed by atoms with Gasteiger partial charge in [-0.15, -0.1) is 0 Å². The van der Waals surface area contributed by atoms with Crippen LogP contribution in [0.25, 0.3) is 10.9 Å². The van der Waals surface area contributed by atoms with E-state index >= 15 is 0 Å². The molecule has 0 unspecified atom stereocenters. The van der Waals surface area contributed by atoms with Crippen LogP contribution < -0.4 is 20.1 Å². The number of nitrogens with one attached hydrogen (secondary N) is 2. The van der Waals surface area contributed by atoms with E-state index in [4.69, 9.17) is 14.6 Å². The van der Waals surface area contributed by atoms with E-state index in [2.05, 4.69) is 15.6 Å². The van der Waals surface area contributed by atoms with Crippen LogP contribution in [0.15, 0.2) is 42.6 Å². The number of amides is 1. The number of pyridine rings is 1. The Kier molecular flexibility index (Phi) is 5.63. The van der Waals surface area contributed by atoms with Gasteiger partial charge in [0.1, 0.15) is 11.9 Å². The second-order valence-corrected chi connectivity index (χ2v) is 5.98. The summed E-state index contributed by atoms with van der Waals surface area (Å²) in [4.78, 5) is 25.8. The number of benzene rings is 2. The van der Waals surface area contributed by atoms with E-state index in [1.54, 1.807) is 36.4 Å². The molecule has 150 valence electrons. The van der Waals surface area contributed by atoms with Gasteiger partial charge in [-0.25, -0.2) is 9.78 Å². The van der Waals surface area contributed by atoms with Crippen molar-refractivity contribution in [3.8, 4) is 11.5 Å². The highest BCUT2D eigenvalue weighted by Gasteiger charge is 2.20. The van der Waals surface area contributed by atoms with Gasteiger partial charge < -0.3 is 19.9 Å². The van der Waals surface area contributed by atoms with Gasteiger partial charge >= 0.3 is 11.8 Å². The molecule has 0 bridgehead atoms. The van der Waals surface area contributed by atoms with E-state index < -0.39 is 11.0 Å². The van der Waals surface area contributed by atoms with Gasteiger partial charge in [0.15, 0.2) is 11.5 Å². The number of rotatable bonds is 7. The van der Waals surface area contributed by atoms with E-state index in [1.165, 1.54) is 20.4 Å². The van der Waals surface area contributed by atoms with Crippen LogP contribution in [-0.4, -0.2) is 35.3 Å². The van der Waals surface area contributed by atoms with E-state index in [0.29, 0.717) is 33.8 Å². The maximum absolute atomic E-state index is 11.5. The Morgan fingerprint density at radius 2 is 1.83 bits per heavy atom. The summed E-state index contributed by atoms with van der Waals surface area (Å²) < 4.78 is 10.6. The van der Waals surface area contributed by atoms with Gasteiger partial charge in [0.25, 0.3) is 0 Å². The predicted molar refractivity (Wildman–Crippen MR) is 107 cm³/mol. The van der Waals surface area contributed by atoms with Crippen LogP contribution in [0.4, 0.5) is 21.9 Å². The number of ether oxygens (including phenoxy) is 2. The molecule has 0 fully saturated rings. The van der Waals surface area contributed by atoms with E-state index in [1.807, 2.05) is 0 Å². The molecule has 3 N–H and O–H groups in total. The van der Waals surface area contributed by atoms with Crippen LogP contribution in [0.3, 0.4) is 0 Å². The Hall–Kier alpha value is -4.08. The lowest BCUT2D eigenvalue weighted by Crippen LogP contribution is -2.07. The van der Waals surface area contributed by atoms with Crippen LogP contribution in [0.5, 0.6) is 11.5 Å². The maximum atomic E-state index is 11.5. The third-order valence-corrected chi connectivity index (χ3v) is 4.22. The molecule has 0 saturated carbocycles. The van der Waals surface area contributed by atoms with Crippen molar-refractivity contribution in [3.05, 3.63) is 58.3 Å². The highest BCUT2D eigenvalue weighted by Crippen LogP contribution is 2.38. The van der Waals surface area contributed by atoms with Gasteiger partial charge in [0.05, 0.1) is 24.7 Å². The first-order valence-electron chi connectivity index (χ1n) is 8.44. The minimum Gasteiger partial charge on any atom is -0.493 e. The first-order chi connectivity index (χ1) is 13.9. The number of nitrogens with zero attached hydrogens (tertiary/aromatic N) is 2. The third-order valence-electron chi connectivity index (χ3n) is 4.22. The van der Waals surface area contributed by atoms with E-state index in [0.717, 1.165) is 5.56 Å². The summed E-state index contributed by atoms with van der Waals surface area (Å²) in [6, 6.07) is 9.94. The Morgan fingerprint density at radius 3 is 2.41 bits per heavy atom. The minimum absolute atomic E-state index is 0.172. The molecule has 3 rings (SSSR count). The zero-order chi connectivity index (χ0) is 21.0. The average Bonchev–Trinajstić information content (AvgIpc) is 2.71. The monoisotopic (exact) mass is 398 g/mol. The van der Waals surface area contributed by atoms with Crippen LogP contribution in [0.2, 0.25) is 0 Å². The van der Waals surface area contributed by atoms with Crippen LogP contribution in [-0.2, 0) is 6.54 Å². The van der Waals surface area contributed by atoms with E-state index in [9.17, 15) is 14.9 Å². The fourth-order valence-corrected chi connectivity index (χ4v) is 2.85.